The van der Waals surface area contributed by atoms with Crippen molar-refractivity contribution in [3.05, 3.63) is 54.2 Å². The predicted molar refractivity (Wildman–Crippen MR) is 107 cm³/mol. The van der Waals surface area contributed by atoms with Crippen molar-refractivity contribution in [2.75, 3.05) is 25.5 Å². The summed E-state index contributed by atoms with van der Waals surface area (Å²) in [5, 5.41) is 21.1. The third-order valence-corrected chi connectivity index (χ3v) is 5.24. The van der Waals surface area contributed by atoms with Crippen molar-refractivity contribution in [2.24, 2.45) is 5.92 Å². The quantitative estimate of drug-likeness (QED) is 0.614. The number of aliphatic hydroxyl groups is 1. The molecule has 1 fully saturated rings. The van der Waals surface area contributed by atoms with E-state index in [1.807, 2.05) is 18.2 Å². The molecule has 2 atom stereocenters. The van der Waals surface area contributed by atoms with E-state index >= 15 is 0 Å². The van der Waals surface area contributed by atoms with Gasteiger partial charge in [-0.1, -0.05) is 12.1 Å². The molecule has 0 saturated carbocycles. The molecule has 8 nitrogen and oxygen atoms in total. The maximum atomic E-state index is 12.6. The molecule has 1 aliphatic rings. The monoisotopic (exact) mass is 394 g/mol. The topological polar surface area (TPSA) is 108 Å². The van der Waals surface area contributed by atoms with Crippen LogP contribution in [0.4, 0.5) is 5.69 Å². The van der Waals surface area contributed by atoms with Gasteiger partial charge in [0.2, 0.25) is 5.91 Å². The molecule has 0 aliphatic carbocycles. The molecule has 1 aliphatic heterocycles. The Morgan fingerprint density at radius 1 is 1.28 bits per heavy atom. The fourth-order valence-corrected chi connectivity index (χ4v) is 3.54. The lowest BCUT2D eigenvalue weighted by Crippen LogP contribution is -2.35. The number of anilines is 1. The van der Waals surface area contributed by atoms with E-state index in [9.17, 15) is 14.7 Å². The van der Waals surface area contributed by atoms with Crippen LogP contribution in [-0.4, -0.2) is 52.2 Å². The first kappa shape index (κ1) is 18.9. The van der Waals surface area contributed by atoms with Crippen LogP contribution in [0.3, 0.4) is 0 Å². The van der Waals surface area contributed by atoms with Crippen molar-refractivity contribution < 1.29 is 19.4 Å². The summed E-state index contributed by atoms with van der Waals surface area (Å²) in [5.41, 5.74) is 2.08. The Bertz CT molecular complexity index is 1030. The third-order valence-electron chi connectivity index (χ3n) is 5.24. The summed E-state index contributed by atoms with van der Waals surface area (Å²) >= 11 is 0. The Hall–Kier alpha value is -3.39. The van der Waals surface area contributed by atoms with Crippen LogP contribution in [0.2, 0.25) is 0 Å². The van der Waals surface area contributed by atoms with E-state index in [0.717, 1.165) is 10.9 Å². The minimum absolute atomic E-state index is 0.137. The predicted octanol–water partition coefficient (Wildman–Crippen LogP) is 2.09. The number of nitrogens with zero attached hydrogens (tertiary/aromatic N) is 2. The number of methoxy groups -OCH3 is 1. The second-order valence-corrected chi connectivity index (χ2v) is 7.11. The number of hydrogen-bond donors (Lipinski definition) is 3. The molecule has 2 aromatic carbocycles. The van der Waals surface area contributed by atoms with E-state index in [-0.39, 0.29) is 18.4 Å². The summed E-state index contributed by atoms with van der Waals surface area (Å²) in [7, 11) is 1.55. The second kappa shape index (κ2) is 7.92. The van der Waals surface area contributed by atoms with Crippen molar-refractivity contribution in [1.82, 2.24) is 15.1 Å². The number of carbonyl (C=O) groups excluding carboxylic acids is 2. The number of aromatic amines is 1. The van der Waals surface area contributed by atoms with Gasteiger partial charge in [0.25, 0.3) is 5.91 Å². The Balaban J connectivity index is 1.37. The molecule has 1 saturated heterocycles. The van der Waals surface area contributed by atoms with Crippen molar-refractivity contribution >= 4 is 28.4 Å². The summed E-state index contributed by atoms with van der Waals surface area (Å²) in [6.45, 7) is 0.719. The van der Waals surface area contributed by atoms with Gasteiger partial charge in [-0.25, -0.2) is 0 Å². The lowest BCUT2D eigenvalue weighted by Gasteiger charge is -2.20. The summed E-state index contributed by atoms with van der Waals surface area (Å²) in [4.78, 5) is 26.8. The average Bonchev–Trinajstić information content (AvgIpc) is 3.42. The van der Waals surface area contributed by atoms with Gasteiger partial charge in [-0.05, 0) is 42.3 Å². The van der Waals surface area contributed by atoms with E-state index in [0.29, 0.717) is 30.0 Å². The van der Waals surface area contributed by atoms with Crippen molar-refractivity contribution in [1.29, 1.82) is 0 Å². The fourth-order valence-electron chi connectivity index (χ4n) is 3.54. The van der Waals surface area contributed by atoms with Gasteiger partial charge < -0.3 is 20.1 Å². The number of aromatic nitrogens is 2. The van der Waals surface area contributed by atoms with E-state index < -0.39 is 12.0 Å². The number of ether oxygens (including phenoxy) is 1. The Labute approximate surface area is 167 Å². The van der Waals surface area contributed by atoms with Gasteiger partial charge in [-0.2, -0.15) is 5.10 Å². The maximum absolute atomic E-state index is 12.6. The van der Waals surface area contributed by atoms with Crippen LogP contribution in [0.25, 0.3) is 10.9 Å². The highest BCUT2D eigenvalue weighted by atomic mass is 16.5. The SMILES string of the molecule is COc1ccc(C(O)C(=O)N2CCC(C(=O)Nc3ccc4[nH]ncc4c3)C2)cc1. The number of fused-ring (bicyclic) bond motifs is 1. The van der Waals surface area contributed by atoms with Crippen LogP contribution in [0.15, 0.2) is 48.7 Å². The lowest BCUT2D eigenvalue weighted by molar-refractivity contribution is -0.139. The molecular formula is C21H22N4O4. The molecular weight excluding hydrogens is 372 g/mol. The Kier molecular flexibility index (Phi) is 5.18. The molecule has 2 heterocycles. The molecule has 4 rings (SSSR count). The van der Waals surface area contributed by atoms with Crippen LogP contribution >= 0.6 is 0 Å². The highest BCUT2D eigenvalue weighted by Gasteiger charge is 2.34. The number of nitrogens with one attached hydrogen (secondary N) is 2. The first-order valence-electron chi connectivity index (χ1n) is 9.40. The number of H-pyrrole nitrogens is 1. The zero-order valence-corrected chi connectivity index (χ0v) is 16.0. The molecule has 1 aromatic heterocycles. The average molecular weight is 394 g/mol. The van der Waals surface area contributed by atoms with E-state index in [2.05, 4.69) is 15.5 Å². The number of hydrogen-bond acceptors (Lipinski definition) is 5. The minimum atomic E-state index is -1.26. The molecule has 2 amide bonds. The van der Waals surface area contributed by atoms with E-state index in [1.165, 1.54) is 0 Å². The van der Waals surface area contributed by atoms with Gasteiger partial charge >= 0.3 is 0 Å². The largest absolute Gasteiger partial charge is 0.497 e. The zero-order chi connectivity index (χ0) is 20.4. The number of carbonyl (C=O) groups is 2. The molecule has 3 N–H and O–H groups in total. The number of likely N-dealkylation sites (tertiary alicyclic amines) is 1. The smallest absolute Gasteiger partial charge is 0.256 e. The number of amides is 2. The fraction of sp³-hybridized carbons (Fsp3) is 0.286. The van der Waals surface area contributed by atoms with Gasteiger partial charge in [-0.15, -0.1) is 0 Å². The molecule has 8 heteroatoms. The zero-order valence-electron chi connectivity index (χ0n) is 16.0. The number of rotatable bonds is 5. The highest BCUT2D eigenvalue weighted by Crippen LogP contribution is 2.25. The van der Waals surface area contributed by atoms with Crippen LogP contribution in [0.5, 0.6) is 5.75 Å². The Morgan fingerprint density at radius 3 is 2.83 bits per heavy atom. The molecule has 3 aromatic rings. The van der Waals surface area contributed by atoms with E-state index in [4.69, 9.17) is 4.74 Å². The standard InChI is InChI=1S/C21H22N4O4/c1-29-17-5-2-13(3-6-17)19(26)21(28)25-9-8-14(12-25)20(27)23-16-4-7-18-15(10-16)11-22-24-18/h2-7,10-11,14,19,26H,8-9,12H2,1H3,(H,22,24)(H,23,27). The van der Waals surface area contributed by atoms with Crippen molar-refractivity contribution in [3.63, 3.8) is 0 Å². The molecule has 150 valence electrons. The molecule has 2 unspecified atom stereocenters. The van der Waals surface area contributed by atoms with Crippen molar-refractivity contribution in [3.8, 4) is 5.75 Å². The molecule has 0 radical (unpaired) electrons. The normalized spacial score (nSPS) is 17.3. The first-order chi connectivity index (χ1) is 14.0. The number of aliphatic hydroxyl groups excluding tert-OH is 1. The highest BCUT2D eigenvalue weighted by molar-refractivity contribution is 5.95. The first-order valence-corrected chi connectivity index (χ1v) is 9.40. The third kappa shape index (κ3) is 3.93. The van der Waals surface area contributed by atoms with Crippen molar-refractivity contribution in [2.45, 2.75) is 12.5 Å². The molecule has 0 bridgehead atoms. The maximum Gasteiger partial charge on any atom is 0.256 e. The van der Waals surface area contributed by atoms with Gasteiger partial charge in [0.15, 0.2) is 6.10 Å². The Morgan fingerprint density at radius 2 is 2.07 bits per heavy atom. The van der Waals surface area contributed by atoms with Gasteiger partial charge in [0, 0.05) is 24.2 Å². The summed E-state index contributed by atoms with van der Waals surface area (Å²) in [6.07, 6.45) is 0.994. The number of benzene rings is 2. The summed E-state index contributed by atoms with van der Waals surface area (Å²) < 4.78 is 5.09. The molecule has 29 heavy (non-hydrogen) atoms. The second-order valence-electron chi connectivity index (χ2n) is 7.11. The van der Waals surface area contributed by atoms with Crippen LogP contribution in [0.1, 0.15) is 18.1 Å². The molecule has 0 spiro atoms. The van der Waals surface area contributed by atoms with Gasteiger partial charge in [0.1, 0.15) is 5.75 Å². The van der Waals surface area contributed by atoms with Crippen LogP contribution in [-0.2, 0) is 9.59 Å². The van der Waals surface area contributed by atoms with Gasteiger partial charge in [-0.3, -0.25) is 14.7 Å². The minimum Gasteiger partial charge on any atom is -0.497 e. The summed E-state index contributed by atoms with van der Waals surface area (Å²) in [6, 6.07) is 12.2. The van der Waals surface area contributed by atoms with Crippen LogP contribution in [0, 0.1) is 5.92 Å². The summed E-state index contributed by atoms with van der Waals surface area (Å²) in [5.74, 6) is -0.200. The van der Waals surface area contributed by atoms with Gasteiger partial charge in [0.05, 0.1) is 24.7 Å². The van der Waals surface area contributed by atoms with E-state index in [1.54, 1.807) is 42.5 Å². The lowest BCUT2D eigenvalue weighted by atomic mass is 10.1. The van der Waals surface area contributed by atoms with Crippen LogP contribution < -0.4 is 10.1 Å².